The number of primary amides is 1. The second kappa shape index (κ2) is 9.27. The van der Waals surface area contributed by atoms with E-state index in [0.29, 0.717) is 0 Å². The van der Waals surface area contributed by atoms with Gasteiger partial charge in [-0.15, -0.1) is 0 Å². The first-order chi connectivity index (χ1) is 13.2. The molecule has 152 valence electrons. The molecule has 28 heavy (non-hydrogen) atoms. The van der Waals surface area contributed by atoms with Gasteiger partial charge >= 0.3 is 24.1 Å². The zero-order valence-corrected chi connectivity index (χ0v) is 15.6. The third-order valence-electron chi connectivity index (χ3n) is 4.35. The van der Waals surface area contributed by atoms with Gasteiger partial charge in [0.15, 0.2) is 18.5 Å². The van der Waals surface area contributed by atoms with Crippen molar-refractivity contribution in [3.63, 3.8) is 0 Å². The summed E-state index contributed by atoms with van der Waals surface area (Å²) in [5, 5.41) is 8.61. The highest BCUT2D eigenvalue weighted by molar-refractivity contribution is 5.92. The van der Waals surface area contributed by atoms with Crippen molar-refractivity contribution in [2.45, 2.75) is 45.1 Å². The van der Waals surface area contributed by atoms with E-state index >= 15 is 0 Å². The fourth-order valence-electron chi connectivity index (χ4n) is 2.89. The van der Waals surface area contributed by atoms with Crippen LogP contribution in [0.15, 0.2) is 24.5 Å². The number of carboxylic acid groups (broad SMARTS) is 1. The highest BCUT2D eigenvalue weighted by Crippen LogP contribution is 2.33. The number of aliphatic carboxylic acids is 1. The van der Waals surface area contributed by atoms with Crippen molar-refractivity contribution in [2.75, 3.05) is 6.61 Å². The number of aromatic nitrogens is 1. The molecule has 3 N–H and O–H groups in total. The normalized spacial score (nSPS) is 23.8. The third kappa shape index (κ3) is 5.49. The molecule has 0 aromatic carbocycles. The van der Waals surface area contributed by atoms with E-state index in [1.807, 2.05) is 0 Å². The van der Waals surface area contributed by atoms with Gasteiger partial charge in [-0.1, -0.05) is 6.92 Å². The van der Waals surface area contributed by atoms with Crippen LogP contribution in [0.5, 0.6) is 0 Å². The van der Waals surface area contributed by atoms with Gasteiger partial charge in [0.05, 0.1) is 12.8 Å². The van der Waals surface area contributed by atoms with E-state index in [4.69, 9.17) is 25.1 Å². The zero-order chi connectivity index (χ0) is 20.8. The number of pyridine rings is 1. The first kappa shape index (κ1) is 21.3. The predicted octanol–water partition coefficient (Wildman–Crippen LogP) is -0.0538. The summed E-state index contributed by atoms with van der Waals surface area (Å²) in [6.45, 7) is 2.93. The van der Waals surface area contributed by atoms with Crippen LogP contribution in [0.2, 0.25) is 0 Å². The molecule has 1 aliphatic heterocycles. The number of rotatable bonds is 8. The summed E-state index contributed by atoms with van der Waals surface area (Å²) in [4.78, 5) is 45.1. The van der Waals surface area contributed by atoms with Crippen LogP contribution in [-0.2, 0) is 28.6 Å². The lowest BCUT2D eigenvalue weighted by atomic mass is 10.0. The second-order valence-corrected chi connectivity index (χ2v) is 6.48. The fraction of sp³-hybridized carbons (Fsp3) is 0.500. The Morgan fingerprint density at radius 2 is 2.00 bits per heavy atom. The van der Waals surface area contributed by atoms with Crippen molar-refractivity contribution in [1.29, 1.82) is 0 Å². The maximum atomic E-state index is 11.7. The molecule has 1 aliphatic rings. The van der Waals surface area contributed by atoms with Gasteiger partial charge in [0.25, 0.3) is 5.91 Å². The second-order valence-electron chi connectivity index (χ2n) is 6.48. The molecule has 0 bridgehead atoms. The Morgan fingerprint density at radius 1 is 1.29 bits per heavy atom. The van der Waals surface area contributed by atoms with Crippen LogP contribution in [0, 0.1) is 5.92 Å². The maximum Gasteiger partial charge on any atom is 0.306 e. The number of nitrogens with zero attached hydrogens (tertiary/aromatic N) is 1. The summed E-state index contributed by atoms with van der Waals surface area (Å²) in [7, 11) is 0. The minimum Gasteiger partial charge on any atom is -0.481 e. The van der Waals surface area contributed by atoms with Crippen LogP contribution in [0.3, 0.4) is 0 Å². The molecule has 0 aliphatic carbocycles. The van der Waals surface area contributed by atoms with Crippen molar-refractivity contribution in [2.24, 2.45) is 11.7 Å². The third-order valence-corrected chi connectivity index (χ3v) is 4.35. The van der Waals surface area contributed by atoms with Gasteiger partial charge in [-0.05, 0) is 6.07 Å². The Morgan fingerprint density at radius 3 is 2.61 bits per heavy atom. The highest BCUT2D eigenvalue weighted by atomic mass is 16.6. The van der Waals surface area contributed by atoms with Crippen molar-refractivity contribution in [1.82, 2.24) is 0 Å². The van der Waals surface area contributed by atoms with Crippen molar-refractivity contribution in [3.05, 3.63) is 30.1 Å². The number of carboxylic acids is 1. The van der Waals surface area contributed by atoms with Crippen LogP contribution in [0.25, 0.3) is 0 Å². The van der Waals surface area contributed by atoms with E-state index in [9.17, 15) is 19.2 Å². The monoisotopic (exact) mass is 395 g/mol. The van der Waals surface area contributed by atoms with E-state index in [1.54, 1.807) is 29.8 Å². The maximum absolute atomic E-state index is 11.7. The average Bonchev–Trinajstić information content (AvgIpc) is 2.93. The summed E-state index contributed by atoms with van der Waals surface area (Å²) in [6.07, 6.45) is 0.526. The molecule has 2 heterocycles. The quantitative estimate of drug-likeness (QED) is 0.460. The molecule has 2 rings (SSSR count). The molecule has 1 fully saturated rings. The van der Waals surface area contributed by atoms with Gasteiger partial charge in [0, 0.05) is 18.9 Å². The first-order valence-electron chi connectivity index (χ1n) is 8.69. The topological polar surface area (TPSA) is 146 Å². The van der Waals surface area contributed by atoms with Crippen molar-refractivity contribution >= 4 is 23.8 Å². The molecule has 1 saturated heterocycles. The lowest BCUT2D eigenvalue weighted by Crippen LogP contribution is -2.46. The van der Waals surface area contributed by atoms with E-state index < -0.39 is 42.3 Å². The van der Waals surface area contributed by atoms with E-state index in [2.05, 4.69) is 0 Å². The number of hydrogen-bond donors (Lipinski definition) is 2. The molecule has 1 amide bonds. The molecule has 0 radical (unpaired) electrons. The lowest BCUT2D eigenvalue weighted by Gasteiger charge is -2.17. The molecule has 1 aromatic rings. The average molecular weight is 395 g/mol. The summed E-state index contributed by atoms with van der Waals surface area (Å²) in [6, 6.07) is 3.15. The number of amides is 1. The van der Waals surface area contributed by atoms with Crippen LogP contribution in [0.4, 0.5) is 0 Å². The van der Waals surface area contributed by atoms with Gasteiger partial charge in [0.1, 0.15) is 18.3 Å². The molecule has 10 nitrogen and oxygen atoms in total. The number of nitrogens with two attached hydrogens (primary N) is 1. The number of carbonyl (C=O) groups excluding carboxylic acids is 3. The molecular weight excluding hydrogens is 372 g/mol. The van der Waals surface area contributed by atoms with Crippen LogP contribution in [0.1, 0.15) is 43.3 Å². The van der Waals surface area contributed by atoms with Gasteiger partial charge in [-0.25, -0.2) is 0 Å². The minimum absolute atomic E-state index is 0.121. The standard InChI is InChI=1S/C18H22N2O8/c1-10-13(9-26-15(24)6-5-14(22)23)28-18(16(10)27-11(2)21)20-7-3-4-12(8-20)17(19)25/h3-4,7-8,10,13,16,18H,5-6,9H2,1-2H3,(H2-,19,22,23,25)/p+1/t10-,13-,16?,18-/m1/s1. The summed E-state index contributed by atoms with van der Waals surface area (Å²) < 4.78 is 18.0. The Balaban J connectivity index is 2.13. The Kier molecular flexibility index (Phi) is 7.05. The summed E-state index contributed by atoms with van der Waals surface area (Å²) >= 11 is 0. The number of ether oxygens (including phenoxy) is 3. The molecule has 10 heteroatoms. The molecular formula is C18H23N2O8+. The first-order valence-corrected chi connectivity index (χ1v) is 8.69. The van der Waals surface area contributed by atoms with Gasteiger partial charge in [-0.3, -0.25) is 19.2 Å². The molecule has 1 unspecified atom stereocenters. The molecule has 1 aromatic heterocycles. The van der Waals surface area contributed by atoms with Gasteiger partial charge < -0.3 is 25.1 Å². The predicted molar refractivity (Wildman–Crippen MR) is 91.6 cm³/mol. The van der Waals surface area contributed by atoms with Crippen molar-refractivity contribution < 1.29 is 43.1 Å². The Labute approximate surface area is 161 Å². The number of hydrogen-bond acceptors (Lipinski definition) is 7. The zero-order valence-electron chi connectivity index (χ0n) is 15.6. The number of carbonyl (C=O) groups is 4. The van der Waals surface area contributed by atoms with E-state index in [1.165, 1.54) is 13.1 Å². The number of esters is 2. The Bertz CT molecular complexity index is 766. The Hall–Kier alpha value is -3.01. The largest absolute Gasteiger partial charge is 0.481 e. The van der Waals surface area contributed by atoms with E-state index in [-0.39, 0.29) is 30.9 Å². The molecule has 4 atom stereocenters. The van der Waals surface area contributed by atoms with Crippen molar-refractivity contribution in [3.8, 4) is 0 Å². The molecule has 0 spiro atoms. The van der Waals surface area contributed by atoms with Crippen LogP contribution in [-0.4, -0.2) is 47.7 Å². The smallest absolute Gasteiger partial charge is 0.306 e. The summed E-state index contributed by atoms with van der Waals surface area (Å²) in [5.74, 6) is -3.20. The fourth-order valence-corrected chi connectivity index (χ4v) is 2.89. The van der Waals surface area contributed by atoms with Gasteiger partial charge in [-0.2, -0.15) is 4.57 Å². The van der Waals surface area contributed by atoms with E-state index in [0.717, 1.165) is 0 Å². The van der Waals surface area contributed by atoms with Crippen LogP contribution < -0.4 is 10.3 Å². The lowest BCUT2D eigenvalue weighted by molar-refractivity contribution is -0.765. The van der Waals surface area contributed by atoms with Crippen LogP contribution >= 0.6 is 0 Å². The highest BCUT2D eigenvalue weighted by Gasteiger charge is 2.50. The SMILES string of the molecule is CC(=O)OC1[C@H]([n+]2cccc(C(N)=O)c2)O[C@H](COC(=O)CCC(=O)O)[C@H]1C. The summed E-state index contributed by atoms with van der Waals surface area (Å²) in [5.41, 5.74) is 5.56. The van der Waals surface area contributed by atoms with Gasteiger partial charge in [0.2, 0.25) is 0 Å². The molecule has 0 saturated carbocycles. The minimum atomic E-state index is -1.09.